The van der Waals surface area contributed by atoms with E-state index in [0.29, 0.717) is 23.6 Å². The Kier molecular flexibility index (Phi) is 5.12. The summed E-state index contributed by atoms with van der Waals surface area (Å²) >= 11 is 0. The molecule has 3 nitrogen and oxygen atoms in total. The van der Waals surface area contributed by atoms with Gasteiger partial charge in [0, 0.05) is 12.1 Å². The lowest BCUT2D eigenvalue weighted by atomic mass is 9.96. The van der Waals surface area contributed by atoms with Crippen LogP contribution in [0.3, 0.4) is 0 Å². The smallest absolute Gasteiger partial charge is 0.251 e. The molecule has 0 saturated carbocycles. The lowest BCUT2D eigenvalue weighted by molar-refractivity contribution is 0.0936. The molecule has 0 bridgehead atoms. The van der Waals surface area contributed by atoms with E-state index in [1.807, 2.05) is 0 Å². The number of nitrogens with zero attached hydrogens (tertiary/aromatic N) is 1. The first kappa shape index (κ1) is 15.0. The lowest BCUT2D eigenvalue weighted by Gasteiger charge is -2.31. The Labute approximate surface area is 120 Å². The van der Waals surface area contributed by atoms with Crippen molar-refractivity contribution in [3.05, 3.63) is 35.1 Å². The Morgan fingerprint density at radius 3 is 2.70 bits per heavy atom. The van der Waals surface area contributed by atoms with Gasteiger partial charge in [-0.25, -0.2) is 4.39 Å². The van der Waals surface area contributed by atoms with E-state index in [4.69, 9.17) is 0 Å². The number of likely N-dealkylation sites (tertiary alicyclic amines) is 1. The maximum Gasteiger partial charge on any atom is 0.251 e. The van der Waals surface area contributed by atoms with Crippen molar-refractivity contribution < 1.29 is 9.18 Å². The number of piperidine rings is 1. The van der Waals surface area contributed by atoms with Crippen LogP contribution in [-0.4, -0.2) is 37.0 Å². The maximum atomic E-state index is 13.0. The zero-order valence-electron chi connectivity index (χ0n) is 12.3. The van der Waals surface area contributed by atoms with Crippen molar-refractivity contribution in [2.75, 3.05) is 26.2 Å². The van der Waals surface area contributed by atoms with Gasteiger partial charge < -0.3 is 10.2 Å². The van der Waals surface area contributed by atoms with Crippen molar-refractivity contribution in [2.24, 2.45) is 5.92 Å². The van der Waals surface area contributed by atoms with Crippen molar-refractivity contribution in [1.82, 2.24) is 10.2 Å². The summed E-state index contributed by atoms with van der Waals surface area (Å²) in [7, 11) is 0. The standard InChI is InChI=1S/C16H23FN2O/c1-3-19-8-6-13(7-9-19)11-18-16(20)15-5-4-14(17)10-12(15)2/h4-5,10,13H,3,6-9,11H2,1-2H3,(H,18,20). The Morgan fingerprint density at radius 1 is 1.40 bits per heavy atom. The van der Waals surface area contributed by atoms with Crippen LogP contribution in [-0.2, 0) is 0 Å². The molecular weight excluding hydrogens is 255 g/mol. The topological polar surface area (TPSA) is 32.3 Å². The number of amides is 1. The minimum Gasteiger partial charge on any atom is -0.352 e. The van der Waals surface area contributed by atoms with Gasteiger partial charge in [-0.2, -0.15) is 0 Å². The zero-order chi connectivity index (χ0) is 14.5. The van der Waals surface area contributed by atoms with E-state index in [1.54, 1.807) is 13.0 Å². The van der Waals surface area contributed by atoms with Crippen molar-refractivity contribution in [3.8, 4) is 0 Å². The largest absolute Gasteiger partial charge is 0.352 e. The van der Waals surface area contributed by atoms with Gasteiger partial charge in [0.15, 0.2) is 0 Å². The average Bonchev–Trinajstić information content (AvgIpc) is 2.45. The number of hydrogen-bond acceptors (Lipinski definition) is 2. The summed E-state index contributed by atoms with van der Waals surface area (Å²) in [5, 5.41) is 2.98. The molecule has 1 aromatic carbocycles. The second-order valence-corrected chi connectivity index (χ2v) is 5.55. The number of rotatable bonds is 4. The highest BCUT2D eigenvalue weighted by atomic mass is 19.1. The molecule has 1 amide bonds. The van der Waals surface area contributed by atoms with E-state index in [2.05, 4.69) is 17.1 Å². The first-order valence-corrected chi connectivity index (χ1v) is 7.37. The highest BCUT2D eigenvalue weighted by Crippen LogP contribution is 2.16. The summed E-state index contributed by atoms with van der Waals surface area (Å²) in [4.78, 5) is 14.5. The van der Waals surface area contributed by atoms with Crippen LogP contribution in [0.15, 0.2) is 18.2 Å². The zero-order valence-corrected chi connectivity index (χ0v) is 12.3. The van der Waals surface area contributed by atoms with Crippen LogP contribution >= 0.6 is 0 Å². The summed E-state index contributed by atoms with van der Waals surface area (Å²) in [6.45, 7) is 8.00. The normalized spacial score (nSPS) is 17.1. The van der Waals surface area contributed by atoms with Gasteiger partial charge in [-0.3, -0.25) is 4.79 Å². The molecular formula is C16H23FN2O. The van der Waals surface area contributed by atoms with E-state index in [-0.39, 0.29) is 11.7 Å². The molecule has 0 radical (unpaired) electrons. The molecule has 110 valence electrons. The third-order valence-electron chi connectivity index (χ3n) is 4.14. The summed E-state index contributed by atoms with van der Waals surface area (Å²) in [5.41, 5.74) is 1.25. The second-order valence-electron chi connectivity index (χ2n) is 5.55. The highest BCUT2D eigenvalue weighted by Gasteiger charge is 2.19. The summed E-state index contributed by atoms with van der Waals surface area (Å²) in [6.07, 6.45) is 2.27. The SMILES string of the molecule is CCN1CCC(CNC(=O)c2ccc(F)cc2C)CC1. The van der Waals surface area contributed by atoms with E-state index in [1.165, 1.54) is 12.1 Å². The fraction of sp³-hybridized carbons (Fsp3) is 0.562. The molecule has 1 fully saturated rings. The predicted octanol–water partition coefficient (Wildman–Crippen LogP) is 2.60. The van der Waals surface area contributed by atoms with Crippen molar-refractivity contribution in [1.29, 1.82) is 0 Å². The Hall–Kier alpha value is -1.42. The first-order valence-electron chi connectivity index (χ1n) is 7.37. The molecule has 0 aliphatic carbocycles. The third kappa shape index (κ3) is 3.79. The van der Waals surface area contributed by atoms with Crippen LogP contribution in [0.1, 0.15) is 35.7 Å². The van der Waals surface area contributed by atoms with Gasteiger partial charge in [-0.05, 0) is 69.1 Å². The van der Waals surface area contributed by atoms with E-state index < -0.39 is 0 Å². The Morgan fingerprint density at radius 2 is 2.10 bits per heavy atom. The fourth-order valence-corrected chi connectivity index (χ4v) is 2.72. The monoisotopic (exact) mass is 278 g/mol. The van der Waals surface area contributed by atoms with Crippen molar-refractivity contribution >= 4 is 5.91 Å². The van der Waals surface area contributed by atoms with E-state index in [0.717, 1.165) is 32.5 Å². The van der Waals surface area contributed by atoms with Gasteiger partial charge in [-0.1, -0.05) is 6.92 Å². The fourth-order valence-electron chi connectivity index (χ4n) is 2.72. The van der Waals surface area contributed by atoms with Crippen LogP contribution in [0.5, 0.6) is 0 Å². The minimum atomic E-state index is -0.300. The number of nitrogens with one attached hydrogen (secondary N) is 1. The van der Waals surface area contributed by atoms with Crippen LogP contribution in [0, 0.1) is 18.7 Å². The minimum absolute atomic E-state index is 0.0968. The molecule has 0 atom stereocenters. The lowest BCUT2D eigenvalue weighted by Crippen LogP contribution is -2.38. The molecule has 1 saturated heterocycles. The quantitative estimate of drug-likeness (QED) is 0.918. The molecule has 0 aromatic heterocycles. The number of hydrogen-bond donors (Lipinski definition) is 1. The van der Waals surface area contributed by atoms with E-state index >= 15 is 0 Å². The van der Waals surface area contributed by atoms with Crippen LogP contribution in [0.25, 0.3) is 0 Å². The molecule has 0 unspecified atom stereocenters. The number of aryl methyl sites for hydroxylation is 1. The number of carbonyl (C=O) groups excluding carboxylic acids is 1. The van der Waals surface area contributed by atoms with Gasteiger partial charge in [0.05, 0.1) is 0 Å². The molecule has 1 aromatic rings. The van der Waals surface area contributed by atoms with Crippen molar-refractivity contribution in [3.63, 3.8) is 0 Å². The molecule has 20 heavy (non-hydrogen) atoms. The second kappa shape index (κ2) is 6.84. The van der Waals surface area contributed by atoms with Gasteiger partial charge in [-0.15, -0.1) is 0 Å². The summed E-state index contributed by atoms with van der Waals surface area (Å²) in [6, 6.07) is 4.29. The predicted molar refractivity (Wildman–Crippen MR) is 78.3 cm³/mol. The Bertz CT molecular complexity index is 468. The summed E-state index contributed by atoms with van der Waals surface area (Å²) in [5.74, 6) is 0.161. The van der Waals surface area contributed by atoms with Gasteiger partial charge in [0.2, 0.25) is 0 Å². The molecule has 1 aliphatic rings. The van der Waals surface area contributed by atoms with Gasteiger partial charge in [0.25, 0.3) is 5.91 Å². The van der Waals surface area contributed by atoms with E-state index in [9.17, 15) is 9.18 Å². The molecule has 1 heterocycles. The molecule has 1 N–H and O–H groups in total. The maximum absolute atomic E-state index is 13.0. The summed E-state index contributed by atoms with van der Waals surface area (Å²) < 4.78 is 13.0. The average molecular weight is 278 g/mol. The molecule has 2 rings (SSSR count). The van der Waals surface area contributed by atoms with Crippen molar-refractivity contribution in [2.45, 2.75) is 26.7 Å². The van der Waals surface area contributed by atoms with Gasteiger partial charge >= 0.3 is 0 Å². The molecule has 1 aliphatic heterocycles. The van der Waals surface area contributed by atoms with Crippen LogP contribution in [0.2, 0.25) is 0 Å². The number of benzene rings is 1. The highest BCUT2D eigenvalue weighted by molar-refractivity contribution is 5.95. The Balaban J connectivity index is 1.83. The number of carbonyl (C=O) groups is 1. The molecule has 0 spiro atoms. The van der Waals surface area contributed by atoms with Crippen LogP contribution in [0.4, 0.5) is 4.39 Å². The first-order chi connectivity index (χ1) is 9.60. The third-order valence-corrected chi connectivity index (χ3v) is 4.14. The molecule has 4 heteroatoms. The number of halogens is 1. The van der Waals surface area contributed by atoms with Gasteiger partial charge in [0.1, 0.15) is 5.82 Å². The van der Waals surface area contributed by atoms with Crippen LogP contribution < -0.4 is 5.32 Å².